The van der Waals surface area contributed by atoms with Gasteiger partial charge in [-0.1, -0.05) is 73.8 Å². The van der Waals surface area contributed by atoms with Gasteiger partial charge in [0.05, 0.1) is 0 Å². The van der Waals surface area contributed by atoms with Gasteiger partial charge >= 0.3 is 0 Å². The quantitative estimate of drug-likeness (QED) is 0.471. The highest BCUT2D eigenvalue weighted by Gasteiger charge is 2.26. The number of hydrogen-bond donors (Lipinski definition) is 1. The molecule has 0 saturated carbocycles. The summed E-state index contributed by atoms with van der Waals surface area (Å²) < 4.78 is 6.30. The van der Waals surface area contributed by atoms with Gasteiger partial charge in [0.15, 0.2) is 0 Å². The molecule has 0 spiro atoms. The van der Waals surface area contributed by atoms with Crippen LogP contribution in [0.25, 0.3) is 11.1 Å². The number of nitrogens with one attached hydrogen (secondary N) is 1. The first-order chi connectivity index (χ1) is 14.7. The molecule has 2 nitrogen and oxygen atoms in total. The van der Waals surface area contributed by atoms with Crippen LogP contribution in [0.3, 0.4) is 0 Å². The van der Waals surface area contributed by atoms with Gasteiger partial charge in [0.1, 0.15) is 29.1 Å². The normalized spacial score (nSPS) is 14.6. The van der Waals surface area contributed by atoms with Crippen LogP contribution in [0.5, 0.6) is 11.5 Å². The number of anilines is 2. The third kappa shape index (κ3) is 2.68. The van der Waals surface area contributed by atoms with Crippen LogP contribution in [0.1, 0.15) is 0 Å². The molecule has 0 bridgehead atoms. The van der Waals surface area contributed by atoms with Gasteiger partial charge < -0.3 is 10.1 Å². The lowest BCUT2D eigenvalue weighted by Gasteiger charge is -2.27. The molecule has 0 aliphatic carbocycles. The topological polar surface area (TPSA) is 21.3 Å². The molecule has 2 heterocycles. The van der Waals surface area contributed by atoms with Crippen LogP contribution < -0.4 is 30.8 Å². The van der Waals surface area contributed by atoms with E-state index in [1.165, 1.54) is 43.2 Å². The lowest BCUT2D eigenvalue weighted by Crippen LogP contribution is -2.45. The van der Waals surface area contributed by atoms with Gasteiger partial charge in [-0.3, -0.25) is 0 Å². The minimum Gasteiger partial charge on any atom is -0.458 e. The SMILES string of the molecule is C[Si]1c2ccccc2Nc2cc(-c3ccc4c(c3)Oc3ccccc3[Si]4C)ccc21. The van der Waals surface area contributed by atoms with Gasteiger partial charge in [-0.15, -0.1) is 0 Å². The molecule has 0 unspecified atom stereocenters. The Hall–Kier alpha value is -3.09. The van der Waals surface area contributed by atoms with Crippen molar-refractivity contribution in [1.29, 1.82) is 0 Å². The summed E-state index contributed by atoms with van der Waals surface area (Å²) in [7, 11) is -1.53. The summed E-state index contributed by atoms with van der Waals surface area (Å²) in [6, 6.07) is 30.8. The number of para-hydroxylation sites is 2. The second kappa shape index (κ2) is 6.72. The highest BCUT2D eigenvalue weighted by Crippen LogP contribution is 2.31. The van der Waals surface area contributed by atoms with Crippen LogP contribution in [0, 0.1) is 0 Å². The lowest BCUT2D eigenvalue weighted by atomic mass is 10.0. The molecular weight excluding hydrogens is 398 g/mol. The highest BCUT2D eigenvalue weighted by molar-refractivity contribution is 6.87. The molecule has 0 saturated heterocycles. The van der Waals surface area contributed by atoms with Gasteiger partial charge in [0.2, 0.25) is 0 Å². The van der Waals surface area contributed by atoms with Gasteiger partial charge in [0.25, 0.3) is 0 Å². The highest BCUT2D eigenvalue weighted by atomic mass is 28.3. The molecule has 4 aromatic rings. The maximum atomic E-state index is 6.30. The molecule has 6 rings (SSSR count). The summed E-state index contributed by atoms with van der Waals surface area (Å²) in [5.41, 5.74) is 4.93. The first-order valence-electron chi connectivity index (χ1n) is 10.3. The van der Waals surface area contributed by atoms with E-state index in [2.05, 4.69) is 103 Å². The standard InChI is InChI=1S/C26H21NOSi2/c1-29-23-9-5-3-7-19(23)27-20-15-17(11-13-24(20)29)18-12-14-26-22(16-18)28-21-8-4-6-10-25(21)30(26)2/h3-16,27H,1-2H3. The maximum Gasteiger partial charge on any atom is 0.128 e. The molecular formula is C26H21NOSi2. The smallest absolute Gasteiger partial charge is 0.128 e. The molecule has 2 aliphatic heterocycles. The fraction of sp³-hybridized carbons (Fsp3) is 0.0769. The molecule has 4 aromatic carbocycles. The average Bonchev–Trinajstić information content (AvgIpc) is 2.79. The fourth-order valence-electron chi connectivity index (χ4n) is 4.59. The van der Waals surface area contributed by atoms with Crippen molar-refractivity contribution in [2.24, 2.45) is 0 Å². The molecule has 4 heteroatoms. The molecule has 2 radical (unpaired) electrons. The predicted octanol–water partition coefficient (Wildman–Crippen LogP) is 3.99. The summed E-state index contributed by atoms with van der Waals surface area (Å²) in [6.45, 7) is 4.74. The first-order valence-corrected chi connectivity index (χ1v) is 14.3. The van der Waals surface area contributed by atoms with E-state index >= 15 is 0 Å². The van der Waals surface area contributed by atoms with Crippen LogP contribution in [-0.4, -0.2) is 17.6 Å². The largest absolute Gasteiger partial charge is 0.458 e. The maximum absolute atomic E-state index is 6.30. The predicted molar refractivity (Wildman–Crippen MR) is 130 cm³/mol. The van der Waals surface area contributed by atoms with Crippen molar-refractivity contribution >= 4 is 49.7 Å². The Morgan fingerprint density at radius 1 is 0.567 bits per heavy atom. The van der Waals surface area contributed by atoms with E-state index in [1.54, 1.807) is 0 Å². The number of rotatable bonds is 1. The summed E-state index contributed by atoms with van der Waals surface area (Å²) in [4.78, 5) is 0. The Morgan fingerprint density at radius 2 is 1.17 bits per heavy atom. The van der Waals surface area contributed by atoms with Crippen molar-refractivity contribution < 1.29 is 4.74 Å². The Balaban J connectivity index is 1.39. The molecule has 2 aliphatic rings. The van der Waals surface area contributed by atoms with E-state index < -0.39 is 17.6 Å². The monoisotopic (exact) mass is 419 g/mol. The Kier molecular flexibility index (Phi) is 3.98. The third-order valence-electron chi connectivity index (χ3n) is 6.25. The van der Waals surface area contributed by atoms with E-state index in [0.29, 0.717) is 0 Å². The van der Waals surface area contributed by atoms with E-state index in [1.807, 2.05) is 0 Å². The minimum absolute atomic E-state index is 0.742. The zero-order valence-electron chi connectivity index (χ0n) is 17.0. The number of benzene rings is 4. The Bertz CT molecular complexity index is 1200. The zero-order chi connectivity index (χ0) is 20.2. The molecule has 1 N–H and O–H groups in total. The van der Waals surface area contributed by atoms with Gasteiger partial charge in [-0.25, -0.2) is 0 Å². The second-order valence-corrected chi connectivity index (χ2v) is 12.6. The zero-order valence-corrected chi connectivity index (χ0v) is 19.0. The molecule has 144 valence electrons. The Labute approximate surface area is 180 Å². The summed E-state index contributed by atoms with van der Waals surface area (Å²) in [5, 5.41) is 9.28. The second-order valence-electron chi connectivity index (χ2n) is 7.99. The van der Waals surface area contributed by atoms with E-state index in [9.17, 15) is 0 Å². The minimum atomic E-state index is -0.792. The average molecular weight is 420 g/mol. The van der Waals surface area contributed by atoms with Gasteiger partial charge in [-0.2, -0.15) is 0 Å². The fourth-order valence-corrected chi connectivity index (χ4v) is 8.61. The summed E-state index contributed by atoms with van der Waals surface area (Å²) >= 11 is 0. The van der Waals surface area contributed by atoms with Crippen LogP contribution in [0.2, 0.25) is 13.1 Å². The van der Waals surface area contributed by atoms with Crippen molar-refractivity contribution in [3.05, 3.63) is 84.9 Å². The third-order valence-corrected chi connectivity index (χ3v) is 11.2. The van der Waals surface area contributed by atoms with Crippen molar-refractivity contribution in [3.8, 4) is 22.6 Å². The Morgan fingerprint density at radius 3 is 2.03 bits per heavy atom. The van der Waals surface area contributed by atoms with Gasteiger partial charge in [-0.05, 0) is 56.1 Å². The molecule has 0 fully saturated rings. The van der Waals surface area contributed by atoms with Crippen molar-refractivity contribution in [2.45, 2.75) is 13.1 Å². The molecule has 0 atom stereocenters. The number of hydrogen-bond acceptors (Lipinski definition) is 2. The number of fused-ring (bicyclic) bond motifs is 4. The summed E-state index contributed by atoms with van der Waals surface area (Å²) in [5.74, 6) is 2.03. The van der Waals surface area contributed by atoms with E-state index in [4.69, 9.17) is 4.74 Å². The molecule has 0 amide bonds. The number of ether oxygens (including phenoxy) is 1. The van der Waals surface area contributed by atoms with E-state index in [0.717, 1.165) is 11.5 Å². The van der Waals surface area contributed by atoms with Crippen LogP contribution in [0.15, 0.2) is 84.9 Å². The van der Waals surface area contributed by atoms with Crippen LogP contribution in [-0.2, 0) is 0 Å². The summed E-state index contributed by atoms with van der Waals surface area (Å²) in [6.07, 6.45) is 0. The van der Waals surface area contributed by atoms with Crippen LogP contribution >= 0.6 is 0 Å². The van der Waals surface area contributed by atoms with E-state index in [-0.39, 0.29) is 0 Å². The van der Waals surface area contributed by atoms with Crippen molar-refractivity contribution in [2.75, 3.05) is 5.32 Å². The van der Waals surface area contributed by atoms with Gasteiger partial charge in [0, 0.05) is 11.4 Å². The van der Waals surface area contributed by atoms with Crippen LogP contribution in [0.4, 0.5) is 11.4 Å². The van der Waals surface area contributed by atoms with Crippen molar-refractivity contribution in [1.82, 2.24) is 0 Å². The lowest BCUT2D eigenvalue weighted by molar-refractivity contribution is 0.487. The molecule has 0 aromatic heterocycles. The van der Waals surface area contributed by atoms with Crippen molar-refractivity contribution in [3.63, 3.8) is 0 Å². The molecule has 30 heavy (non-hydrogen) atoms. The first kappa shape index (κ1) is 17.7.